The van der Waals surface area contributed by atoms with Crippen LogP contribution in [0.5, 0.6) is 0 Å². The van der Waals surface area contributed by atoms with Crippen molar-refractivity contribution < 1.29 is 4.39 Å². The van der Waals surface area contributed by atoms with Crippen LogP contribution in [0, 0.1) is 11.7 Å². The molecule has 0 aliphatic rings. The van der Waals surface area contributed by atoms with E-state index in [0.717, 1.165) is 35.8 Å². The van der Waals surface area contributed by atoms with Crippen LogP contribution in [0.3, 0.4) is 0 Å². The van der Waals surface area contributed by atoms with Crippen LogP contribution < -0.4 is 5.32 Å². The zero-order valence-corrected chi connectivity index (χ0v) is 13.1. The number of nitrogens with one attached hydrogen (secondary N) is 1. The third kappa shape index (κ3) is 5.49. The molecule has 0 aromatic heterocycles. The largest absolute Gasteiger partial charge is 0.314 e. The Hall–Kier alpha value is -0.410. The van der Waals surface area contributed by atoms with E-state index >= 15 is 0 Å². The minimum atomic E-state index is -0.0991. The minimum Gasteiger partial charge on any atom is -0.314 e. The average Bonchev–Trinajstić information content (AvgIpc) is 2.29. The molecule has 1 N–H and O–H groups in total. The van der Waals surface area contributed by atoms with E-state index in [4.69, 9.17) is 0 Å². The van der Waals surface area contributed by atoms with Gasteiger partial charge in [-0.25, -0.2) is 4.39 Å². The lowest BCUT2D eigenvalue weighted by Crippen LogP contribution is -2.30. The van der Waals surface area contributed by atoms with E-state index in [1.807, 2.05) is 6.07 Å². The van der Waals surface area contributed by atoms with Crippen molar-refractivity contribution in [1.29, 1.82) is 0 Å². The predicted molar refractivity (Wildman–Crippen MR) is 79.3 cm³/mol. The molecule has 1 nitrogen and oxygen atoms in total. The predicted octanol–water partition coefficient (Wildman–Crippen LogP) is 4.55. The molecule has 18 heavy (non-hydrogen) atoms. The number of hydrogen-bond donors (Lipinski definition) is 1. The summed E-state index contributed by atoms with van der Waals surface area (Å²) >= 11 is 3.39. The Bertz CT molecular complexity index is 366. The number of rotatable bonds is 7. The van der Waals surface area contributed by atoms with E-state index in [0.29, 0.717) is 12.0 Å². The molecule has 1 atom stereocenters. The lowest BCUT2D eigenvalue weighted by atomic mass is 9.97. The molecule has 1 unspecified atom stereocenters. The van der Waals surface area contributed by atoms with Gasteiger partial charge < -0.3 is 5.32 Å². The van der Waals surface area contributed by atoms with Gasteiger partial charge in [-0.2, -0.15) is 0 Å². The highest BCUT2D eigenvalue weighted by Crippen LogP contribution is 2.18. The van der Waals surface area contributed by atoms with Gasteiger partial charge in [0, 0.05) is 10.5 Å². The summed E-state index contributed by atoms with van der Waals surface area (Å²) in [5.41, 5.74) is 0.802. The first kappa shape index (κ1) is 15.6. The van der Waals surface area contributed by atoms with Gasteiger partial charge in [-0.05, 0) is 55.5 Å². The molecule has 102 valence electrons. The van der Waals surface area contributed by atoms with Crippen LogP contribution >= 0.6 is 15.9 Å². The summed E-state index contributed by atoms with van der Waals surface area (Å²) in [5, 5.41) is 3.48. The normalized spacial score (nSPS) is 13.0. The number of halogens is 2. The Balaban J connectivity index is 2.57. The first-order chi connectivity index (χ1) is 8.52. The highest BCUT2D eigenvalue weighted by molar-refractivity contribution is 9.10. The van der Waals surface area contributed by atoms with E-state index in [1.165, 1.54) is 6.07 Å². The first-order valence-electron chi connectivity index (χ1n) is 6.70. The van der Waals surface area contributed by atoms with Crippen LogP contribution in [-0.2, 0) is 6.42 Å². The first-order valence-corrected chi connectivity index (χ1v) is 7.49. The van der Waals surface area contributed by atoms with Gasteiger partial charge in [0.15, 0.2) is 0 Å². The molecule has 0 amide bonds. The van der Waals surface area contributed by atoms with Crippen molar-refractivity contribution in [1.82, 2.24) is 5.32 Å². The molecule has 0 aliphatic carbocycles. The summed E-state index contributed by atoms with van der Waals surface area (Å²) in [5.74, 6) is 0.569. The van der Waals surface area contributed by atoms with Crippen LogP contribution in [0.4, 0.5) is 4.39 Å². The number of aryl methyl sites for hydroxylation is 1. The Kier molecular flexibility index (Phi) is 6.87. The van der Waals surface area contributed by atoms with Gasteiger partial charge >= 0.3 is 0 Å². The van der Waals surface area contributed by atoms with Crippen molar-refractivity contribution >= 4 is 15.9 Å². The van der Waals surface area contributed by atoms with Crippen molar-refractivity contribution in [2.75, 3.05) is 6.54 Å². The molecular weight excluding hydrogens is 293 g/mol. The second-order valence-electron chi connectivity index (χ2n) is 5.16. The lowest BCUT2D eigenvalue weighted by Gasteiger charge is -2.20. The van der Waals surface area contributed by atoms with Crippen LogP contribution in [0.2, 0.25) is 0 Å². The fraction of sp³-hybridized carbons (Fsp3) is 0.600. The maximum atomic E-state index is 13.6. The lowest BCUT2D eigenvalue weighted by molar-refractivity contribution is 0.403. The van der Waals surface area contributed by atoms with E-state index in [9.17, 15) is 4.39 Å². The molecule has 0 fully saturated rings. The molecule has 0 bridgehead atoms. The molecule has 0 spiro atoms. The van der Waals surface area contributed by atoms with Crippen LogP contribution in [0.15, 0.2) is 22.7 Å². The molecule has 0 saturated heterocycles. The Labute approximate surface area is 118 Å². The van der Waals surface area contributed by atoms with E-state index in [1.54, 1.807) is 6.07 Å². The number of benzene rings is 1. The Morgan fingerprint density at radius 3 is 2.67 bits per heavy atom. The van der Waals surface area contributed by atoms with E-state index in [2.05, 4.69) is 42.0 Å². The summed E-state index contributed by atoms with van der Waals surface area (Å²) in [6.07, 6.45) is 2.92. The highest BCUT2D eigenvalue weighted by atomic mass is 79.9. The molecular formula is C15H23BrFN. The summed E-state index contributed by atoms with van der Waals surface area (Å²) in [4.78, 5) is 0. The molecule has 0 radical (unpaired) electrons. The van der Waals surface area contributed by atoms with Gasteiger partial charge in [0.05, 0.1) is 0 Å². The van der Waals surface area contributed by atoms with Gasteiger partial charge in [0.2, 0.25) is 0 Å². The van der Waals surface area contributed by atoms with Gasteiger partial charge in [-0.1, -0.05) is 36.7 Å². The second kappa shape index (κ2) is 7.90. The van der Waals surface area contributed by atoms with Crippen LogP contribution in [-0.4, -0.2) is 12.6 Å². The standard InChI is InChI=1S/C15H23BrFN/c1-4-18-14(9-11(2)3)7-5-12-10-13(16)6-8-15(12)17/h6,8,10-11,14,18H,4-5,7,9H2,1-3H3. The summed E-state index contributed by atoms with van der Waals surface area (Å²) in [6, 6.07) is 5.64. The molecule has 0 saturated carbocycles. The van der Waals surface area contributed by atoms with Crippen molar-refractivity contribution in [3.63, 3.8) is 0 Å². The summed E-state index contributed by atoms with van der Waals surface area (Å²) in [6.45, 7) is 7.54. The molecule has 1 aromatic rings. The quantitative estimate of drug-likeness (QED) is 0.778. The van der Waals surface area contributed by atoms with Crippen LogP contribution in [0.1, 0.15) is 39.2 Å². The van der Waals surface area contributed by atoms with Crippen molar-refractivity contribution in [3.8, 4) is 0 Å². The van der Waals surface area contributed by atoms with Crippen molar-refractivity contribution in [3.05, 3.63) is 34.1 Å². The highest BCUT2D eigenvalue weighted by Gasteiger charge is 2.11. The fourth-order valence-electron chi connectivity index (χ4n) is 2.23. The topological polar surface area (TPSA) is 12.0 Å². The summed E-state index contributed by atoms with van der Waals surface area (Å²) in [7, 11) is 0. The van der Waals surface area contributed by atoms with Gasteiger partial charge in [-0.3, -0.25) is 0 Å². The molecule has 1 rings (SSSR count). The van der Waals surface area contributed by atoms with Crippen molar-refractivity contribution in [2.45, 2.75) is 46.1 Å². The molecule has 1 aromatic carbocycles. The van der Waals surface area contributed by atoms with Gasteiger partial charge in [0.1, 0.15) is 5.82 Å². The van der Waals surface area contributed by atoms with Gasteiger partial charge in [0.25, 0.3) is 0 Å². The fourth-order valence-corrected chi connectivity index (χ4v) is 2.63. The van der Waals surface area contributed by atoms with Crippen LogP contribution in [0.25, 0.3) is 0 Å². The minimum absolute atomic E-state index is 0.0991. The number of hydrogen-bond acceptors (Lipinski definition) is 1. The Morgan fingerprint density at radius 1 is 1.33 bits per heavy atom. The SMILES string of the molecule is CCNC(CCc1cc(Br)ccc1F)CC(C)C. The van der Waals surface area contributed by atoms with E-state index < -0.39 is 0 Å². The Morgan fingerprint density at radius 2 is 2.06 bits per heavy atom. The zero-order chi connectivity index (χ0) is 13.5. The third-order valence-corrected chi connectivity index (χ3v) is 3.51. The zero-order valence-electron chi connectivity index (χ0n) is 11.5. The average molecular weight is 316 g/mol. The van der Waals surface area contributed by atoms with E-state index in [-0.39, 0.29) is 5.82 Å². The molecule has 0 aliphatic heterocycles. The summed E-state index contributed by atoms with van der Waals surface area (Å²) < 4.78 is 14.6. The second-order valence-corrected chi connectivity index (χ2v) is 6.07. The monoisotopic (exact) mass is 315 g/mol. The third-order valence-electron chi connectivity index (χ3n) is 3.02. The smallest absolute Gasteiger partial charge is 0.126 e. The van der Waals surface area contributed by atoms with Crippen molar-refractivity contribution in [2.24, 2.45) is 5.92 Å². The molecule has 0 heterocycles. The molecule has 3 heteroatoms. The maximum absolute atomic E-state index is 13.6. The van der Waals surface area contributed by atoms with Gasteiger partial charge in [-0.15, -0.1) is 0 Å². The maximum Gasteiger partial charge on any atom is 0.126 e.